The van der Waals surface area contributed by atoms with Gasteiger partial charge in [-0.3, -0.25) is 0 Å². The Balaban J connectivity index is 2.53. The molecular formula is C16H26N2O3. The van der Waals surface area contributed by atoms with E-state index in [0.29, 0.717) is 13.0 Å². The van der Waals surface area contributed by atoms with Crippen LogP contribution in [0.2, 0.25) is 0 Å². The molecule has 0 bridgehead atoms. The number of benzene rings is 1. The maximum Gasteiger partial charge on any atom is 0.407 e. The number of hydrogen-bond acceptors (Lipinski definition) is 4. The Morgan fingerprint density at radius 2 is 1.90 bits per heavy atom. The van der Waals surface area contributed by atoms with E-state index >= 15 is 0 Å². The van der Waals surface area contributed by atoms with Gasteiger partial charge in [-0.2, -0.15) is 0 Å². The quantitative estimate of drug-likeness (QED) is 0.796. The van der Waals surface area contributed by atoms with Crippen molar-refractivity contribution >= 4 is 6.09 Å². The molecule has 0 saturated heterocycles. The Hall–Kier alpha value is -1.75. The van der Waals surface area contributed by atoms with Gasteiger partial charge < -0.3 is 20.9 Å². The topological polar surface area (TPSA) is 84.6 Å². The highest BCUT2D eigenvalue weighted by molar-refractivity contribution is 5.67. The molecule has 1 unspecified atom stereocenters. The van der Waals surface area contributed by atoms with Crippen LogP contribution in [0.25, 0.3) is 0 Å². The van der Waals surface area contributed by atoms with Gasteiger partial charge in [0.1, 0.15) is 11.4 Å². The first-order valence-corrected chi connectivity index (χ1v) is 7.10. The number of aromatic hydroxyl groups is 1. The van der Waals surface area contributed by atoms with Crippen LogP contribution in [0.1, 0.15) is 37.5 Å². The van der Waals surface area contributed by atoms with Crippen LogP contribution in [0.15, 0.2) is 12.1 Å². The predicted octanol–water partition coefficient (Wildman–Crippen LogP) is 2.40. The third-order valence-corrected chi connectivity index (χ3v) is 3.08. The summed E-state index contributed by atoms with van der Waals surface area (Å²) in [6.45, 7) is 9.64. The highest BCUT2D eigenvalue weighted by atomic mass is 16.6. The van der Waals surface area contributed by atoms with Crippen LogP contribution in [-0.4, -0.2) is 29.4 Å². The van der Waals surface area contributed by atoms with Crippen LogP contribution in [0, 0.1) is 13.8 Å². The molecule has 1 rings (SSSR count). The molecule has 0 heterocycles. The summed E-state index contributed by atoms with van der Waals surface area (Å²) >= 11 is 0. The van der Waals surface area contributed by atoms with E-state index in [-0.39, 0.29) is 11.8 Å². The number of amides is 1. The minimum atomic E-state index is -0.527. The minimum absolute atomic E-state index is 0.241. The number of carbonyl (C=O) groups is 1. The summed E-state index contributed by atoms with van der Waals surface area (Å²) in [5, 5.41) is 12.6. The molecule has 5 heteroatoms. The predicted molar refractivity (Wildman–Crippen MR) is 83.5 cm³/mol. The van der Waals surface area contributed by atoms with Gasteiger partial charge in [-0.25, -0.2) is 4.79 Å². The summed E-state index contributed by atoms with van der Waals surface area (Å²) < 4.78 is 5.14. The number of ether oxygens (including phenoxy) is 1. The fourth-order valence-corrected chi connectivity index (χ4v) is 1.91. The Labute approximate surface area is 126 Å². The third kappa shape index (κ3) is 6.04. The molecule has 4 N–H and O–H groups in total. The molecule has 0 aliphatic rings. The summed E-state index contributed by atoms with van der Waals surface area (Å²) in [4.78, 5) is 11.5. The average molecular weight is 294 g/mol. The van der Waals surface area contributed by atoms with Crippen molar-refractivity contribution in [1.82, 2.24) is 5.32 Å². The molecule has 1 aromatic rings. The zero-order chi connectivity index (χ0) is 16.2. The lowest BCUT2D eigenvalue weighted by Crippen LogP contribution is -2.41. The monoisotopic (exact) mass is 294 g/mol. The molecule has 0 fully saturated rings. The lowest BCUT2D eigenvalue weighted by atomic mass is 10.00. The van der Waals surface area contributed by atoms with Gasteiger partial charge in [0.15, 0.2) is 0 Å². The summed E-state index contributed by atoms with van der Waals surface area (Å²) in [7, 11) is 0. The number of nitrogens with two attached hydrogens (primary N) is 1. The molecule has 21 heavy (non-hydrogen) atoms. The Bertz CT molecular complexity index is 507. The number of alkyl carbamates (subject to hydrolysis) is 1. The summed E-state index contributed by atoms with van der Waals surface area (Å²) in [6, 6.07) is 3.38. The summed E-state index contributed by atoms with van der Waals surface area (Å²) in [6.07, 6.45) is 0.00482. The number of hydrogen-bond donors (Lipinski definition) is 3. The van der Waals surface area contributed by atoms with E-state index in [1.807, 2.05) is 19.9 Å². The second-order valence-electron chi connectivity index (χ2n) is 6.41. The fourth-order valence-electron chi connectivity index (χ4n) is 1.91. The zero-order valence-corrected chi connectivity index (χ0v) is 13.5. The molecule has 1 amide bonds. The van der Waals surface area contributed by atoms with Crippen molar-refractivity contribution in [2.24, 2.45) is 5.73 Å². The molecule has 0 saturated carbocycles. The maximum absolute atomic E-state index is 11.5. The molecule has 0 aliphatic carbocycles. The molecule has 0 aliphatic heterocycles. The maximum atomic E-state index is 11.5. The molecule has 118 valence electrons. The lowest BCUT2D eigenvalue weighted by molar-refractivity contribution is 0.0524. The first-order chi connectivity index (χ1) is 9.58. The van der Waals surface area contributed by atoms with Crippen LogP contribution in [0.5, 0.6) is 5.75 Å². The average Bonchev–Trinajstić information content (AvgIpc) is 2.31. The standard InChI is InChI=1S/C16H26N2O3/c1-10-6-12(14(19)7-11(10)2)8-13(17)9-18-15(20)21-16(3,4)5/h6-7,13,19H,8-9,17H2,1-5H3,(H,18,20). The zero-order valence-electron chi connectivity index (χ0n) is 13.5. The smallest absolute Gasteiger partial charge is 0.407 e. The fraction of sp³-hybridized carbons (Fsp3) is 0.562. The van der Waals surface area contributed by atoms with Crippen LogP contribution >= 0.6 is 0 Å². The Morgan fingerprint density at radius 1 is 1.33 bits per heavy atom. The number of aryl methyl sites for hydroxylation is 2. The van der Waals surface area contributed by atoms with Crippen molar-refractivity contribution in [3.63, 3.8) is 0 Å². The summed E-state index contributed by atoms with van der Waals surface area (Å²) in [5.41, 5.74) is 8.40. The lowest BCUT2D eigenvalue weighted by Gasteiger charge is -2.21. The first kappa shape index (κ1) is 17.3. The summed E-state index contributed by atoms with van der Waals surface area (Å²) in [5.74, 6) is 0.241. The van der Waals surface area contributed by atoms with E-state index in [2.05, 4.69) is 5.32 Å². The van der Waals surface area contributed by atoms with Crippen LogP contribution < -0.4 is 11.1 Å². The number of phenolic OH excluding ortho intramolecular Hbond substituents is 1. The largest absolute Gasteiger partial charge is 0.508 e. The normalized spacial score (nSPS) is 12.9. The van der Waals surface area contributed by atoms with E-state index in [1.165, 1.54) is 0 Å². The molecule has 1 atom stereocenters. The highest BCUT2D eigenvalue weighted by Gasteiger charge is 2.17. The second kappa shape index (κ2) is 6.80. The van der Waals surface area contributed by atoms with Crippen molar-refractivity contribution in [2.45, 2.75) is 52.7 Å². The van der Waals surface area contributed by atoms with E-state index in [9.17, 15) is 9.90 Å². The van der Waals surface area contributed by atoms with Gasteiger partial charge in [-0.1, -0.05) is 6.07 Å². The van der Waals surface area contributed by atoms with Gasteiger partial charge in [-0.05, 0) is 63.8 Å². The van der Waals surface area contributed by atoms with Crippen LogP contribution in [0.3, 0.4) is 0 Å². The van der Waals surface area contributed by atoms with Gasteiger partial charge >= 0.3 is 6.09 Å². The third-order valence-electron chi connectivity index (χ3n) is 3.08. The van der Waals surface area contributed by atoms with Gasteiger partial charge in [-0.15, -0.1) is 0 Å². The Morgan fingerprint density at radius 3 is 2.48 bits per heavy atom. The molecule has 0 aromatic heterocycles. The van der Waals surface area contributed by atoms with Crippen LogP contribution in [-0.2, 0) is 11.2 Å². The SMILES string of the molecule is Cc1cc(O)c(CC(N)CNC(=O)OC(C)(C)C)cc1C. The van der Waals surface area contributed by atoms with Crippen molar-refractivity contribution in [1.29, 1.82) is 0 Å². The second-order valence-corrected chi connectivity index (χ2v) is 6.41. The first-order valence-electron chi connectivity index (χ1n) is 7.10. The van der Waals surface area contributed by atoms with E-state index in [1.54, 1.807) is 26.8 Å². The van der Waals surface area contributed by atoms with Gasteiger partial charge in [0.2, 0.25) is 0 Å². The number of nitrogens with one attached hydrogen (secondary N) is 1. The van der Waals surface area contributed by atoms with E-state index in [4.69, 9.17) is 10.5 Å². The Kier molecular flexibility index (Phi) is 5.61. The van der Waals surface area contributed by atoms with Gasteiger partial charge in [0.05, 0.1) is 0 Å². The van der Waals surface area contributed by atoms with E-state index in [0.717, 1.165) is 16.7 Å². The molecular weight excluding hydrogens is 268 g/mol. The van der Waals surface area contributed by atoms with Crippen molar-refractivity contribution in [2.75, 3.05) is 6.54 Å². The number of phenols is 1. The van der Waals surface area contributed by atoms with Gasteiger partial charge in [0, 0.05) is 12.6 Å². The van der Waals surface area contributed by atoms with Crippen LogP contribution in [0.4, 0.5) is 4.79 Å². The molecule has 0 spiro atoms. The molecule has 1 aromatic carbocycles. The van der Waals surface area contributed by atoms with Crippen molar-refractivity contribution in [3.8, 4) is 5.75 Å². The number of carbonyl (C=O) groups excluding carboxylic acids is 1. The molecule has 0 radical (unpaired) electrons. The van der Waals surface area contributed by atoms with Crippen molar-refractivity contribution in [3.05, 3.63) is 28.8 Å². The van der Waals surface area contributed by atoms with Crippen molar-refractivity contribution < 1.29 is 14.6 Å². The van der Waals surface area contributed by atoms with Gasteiger partial charge in [0.25, 0.3) is 0 Å². The van der Waals surface area contributed by atoms with E-state index < -0.39 is 11.7 Å². The number of rotatable bonds is 4. The highest BCUT2D eigenvalue weighted by Crippen LogP contribution is 2.22. The molecule has 5 nitrogen and oxygen atoms in total. The minimum Gasteiger partial charge on any atom is -0.508 e.